The van der Waals surface area contributed by atoms with Gasteiger partial charge in [-0.25, -0.2) is 0 Å². The predicted octanol–water partition coefficient (Wildman–Crippen LogP) is 4.87. The summed E-state index contributed by atoms with van der Waals surface area (Å²) in [6.45, 7) is 2.14. The Labute approximate surface area is 128 Å². The molecule has 0 fully saturated rings. The van der Waals surface area contributed by atoms with Crippen LogP contribution in [0.2, 0.25) is 0 Å². The van der Waals surface area contributed by atoms with Gasteiger partial charge in [0.05, 0.1) is 18.8 Å². The van der Waals surface area contributed by atoms with Crippen molar-refractivity contribution in [2.45, 2.75) is 25.8 Å². The Bertz CT molecular complexity index is 639. The van der Waals surface area contributed by atoms with Crippen LogP contribution in [0.15, 0.2) is 40.9 Å². The van der Waals surface area contributed by atoms with E-state index in [0.717, 1.165) is 23.1 Å². The first-order chi connectivity index (χ1) is 9.67. The topological polar surface area (TPSA) is 21.3 Å². The molecular weight excluding hydrogens is 314 g/mol. The average Bonchev–Trinajstić information content (AvgIpc) is 2.47. The molecular formula is C17H18BrNO. The van der Waals surface area contributed by atoms with Gasteiger partial charge in [0.15, 0.2) is 0 Å². The number of fused-ring (bicyclic) bond motifs is 1. The highest BCUT2D eigenvalue weighted by molar-refractivity contribution is 9.10. The van der Waals surface area contributed by atoms with E-state index in [9.17, 15) is 0 Å². The normalized spacial score (nSPS) is 17.2. The summed E-state index contributed by atoms with van der Waals surface area (Å²) in [5.41, 5.74) is 5.21. The molecule has 20 heavy (non-hydrogen) atoms. The van der Waals surface area contributed by atoms with Crippen molar-refractivity contribution in [3.63, 3.8) is 0 Å². The molecule has 0 aliphatic carbocycles. The first kappa shape index (κ1) is 13.5. The van der Waals surface area contributed by atoms with Crippen LogP contribution in [-0.2, 0) is 6.42 Å². The Morgan fingerprint density at radius 2 is 2.10 bits per heavy atom. The van der Waals surface area contributed by atoms with Crippen LogP contribution >= 0.6 is 15.9 Å². The molecule has 0 spiro atoms. The quantitative estimate of drug-likeness (QED) is 0.847. The molecule has 0 radical (unpaired) electrons. The minimum atomic E-state index is 0.344. The lowest BCUT2D eigenvalue weighted by Crippen LogP contribution is -2.18. The van der Waals surface area contributed by atoms with Crippen LogP contribution in [-0.4, -0.2) is 7.11 Å². The second-order valence-corrected chi connectivity index (χ2v) is 6.15. The minimum absolute atomic E-state index is 0.344. The van der Waals surface area contributed by atoms with Crippen molar-refractivity contribution in [2.75, 3.05) is 12.4 Å². The third-order valence-corrected chi connectivity index (χ3v) is 4.46. The molecule has 0 amide bonds. The molecule has 1 aliphatic heterocycles. The number of rotatable bonds is 2. The summed E-state index contributed by atoms with van der Waals surface area (Å²) in [6.07, 6.45) is 2.21. The van der Waals surface area contributed by atoms with Gasteiger partial charge in [-0.2, -0.15) is 0 Å². The highest BCUT2D eigenvalue weighted by Crippen LogP contribution is 2.38. The van der Waals surface area contributed by atoms with Crippen molar-refractivity contribution < 1.29 is 4.74 Å². The summed E-state index contributed by atoms with van der Waals surface area (Å²) < 4.78 is 6.47. The smallest absolute Gasteiger partial charge is 0.119 e. The number of nitrogens with one attached hydrogen (secondary N) is 1. The van der Waals surface area contributed by atoms with Gasteiger partial charge < -0.3 is 10.1 Å². The Morgan fingerprint density at radius 3 is 2.90 bits per heavy atom. The largest absolute Gasteiger partial charge is 0.497 e. The average molecular weight is 332 g/mol. The second-order valence-electron chi connectivity index (χ2n) is 5.29. The zero-order chi connectivity index (χ0) is 14.1. The number of anilines is 1. The number of methoxy groups -OCH3 is 1. The van der Waals surface area contributed by atoms with E-state index in [2.05, 4.69) is 58.5 Å². The summed E-state index contributed by atoms with van der Waals surface area (Å²) >= 11 is 3.67. The third-order valence-electron chi connectivity index (χ3n) is 3.83. The highest BCUT2D eigenvalue weighted by Gasteiger charge is 2.21. The van der Waals surface area contributed by atoms with Gasteiger partial charge in [0, 0.05) is 4.47 Å². The standard InChI is InChI=1S/C17H18BrNO/c1-11-8-13-6-7-16(19-17(13)15(18)9-11)12-4-3-5-14(10-12)20-2/h3-5,8-10,16,19H,6-7H2,1-2H3. The molecule has 2 aromatic carbocycles. The molecule has 3 heteroatoms. The van der Waals surface area contributed by atoms with Crippen molar-refractivity contribution in [2.24, 2.45) is 0 Å². The number of ether oxygens (including phenoxy) is 1. The van der Waals surface area contributed by atoms with Gasteiger partial charge in [0.1, 0.15) is 5.75 Å². The number of hydrogen-bond acceptors (Lipinski definition) is 2. The lowest BCUT2D eigenvalue weighted by molar-refractivity contribution is 0.414. The van der Waals surface area contributed by atoms with Gasteiger partial charge in [-0.15, -0.1) is 0 Å². The number of hydrogen-bond donors (Lipinski definition) is 1. The molecule has 3 rings (SSSR count). The molecule has 1 unspecified atom stereocenters. The van der Waals surface area contributed by atoms with Crippen LogP contribution < -0.4 is 10.1 Å². The SMILES string of the molecule is COc1cccc(C2CCc3cc(C)cc(Br)c3N2)c1. The second kappa shape index (κ2) is 5.49. The summed E-state index contributed by atoms with van der Waals surface area (Å²) in [4.78, 5) is 0. The fraction of sp³-hybridized carbons (Fsp3) is 0.294. The molecule has 2 aromatic rings. The lowest BCUT2D eigenvalue weighted by atomic mass is 9.92. The van der Waals surface area contributed by atoms with Crippen LogP contribution in [0, 0.1) is 6.92 Å². The molecule has 0 bridgehead atoms. The van der Waals surface area contributed by atoms with E-state index < -0.39 is 0 Å². The molecule has 1 atom stereocenters. The van der Waals surface area contributed by atoms with Gasteiger partial charge in [0.25, 0.3) is 0 Å². The summed E-state index contributed by atoms with van der Waals surface area (Å²) in [5, 5.41) is 3.66. The van der Waals surface area contributed by atoms with Gasteiger partial charge in [0.2, 0.25) is 0 Å². The van der Waals surface area contributed by atoms with Gasteiger partial charge in [-0.05, 0) is 70.6 Å². The fourth-order valence-corrected chi connectivity index (χ4v) is 3.56. The first-order valence-corrected chi connectivity index (χ1v) is 7.66. The number of benzene rings is 2. The van der Waals surface area contributed by atoms with E-state index in [1.165, 1.54) is 22.4 Å². The lowest BCUT2D eigenvalue weighted by Gasteiger charge is -2.29. The Morgan fingerprint density at radius 1 is 1.25 bits per heavy atom. The van der Waals surface area contributed by atoms with Gasteiger partial charge in [-0.1, -0.05) is 18.2 Å². The molecule has 0 aromatic heterocycles. The molecule has 1 N–H and O–H groups in total. The third kappa shape index (κ3) is 2.55. The minimum Gasteiger partial charge on any atom is -0.497 e. The van der Waals surface area contributed by atoms with Crippen molar-refractivity contribution in [1.29, 1.82) is 0 Å². The first-order valence-electron chi connectivity index (χ1n) is 6.87. The van der Waals surface area contributed by atoms with E-state index in [-0.39, 0.29) is 0 Å². The van der Waals surface area contributed by atoms with Crippen molar-refractivity contribution in [1.82, 2.24) is 0 Å². The fourth-order valence-electron chi connectivity index (χ4n) is 2.83. The molecule has 0 saturated carbocycles. The highest BCUT2D eigenvalue weighted by atomic mass is 79.9. The summed E-state index contributed by atoms with van der Waals surface area (Å²) in [5.74, 6) is 0.915. The number of aryl methyl sites for hydroxylation is 2. The number of halogens is 1. The van der Waals surface area contributed by atoms with Gasteiger partial charge in [-0.3, -0.25) is 0 Å². The zero-order valence-corrected chi connectivity index (χ0v) is 13.3. The monoisotopic (exact) mass is 331 g/mol. The molecule has 104 valence electrons. The maximum absolute atomic E-state index is 5.32. The zero-order valence-electron chi connectivity index (χ0n) is 11.7. The van der Waals surface area contributed by atoms with Crippen molar-refractivity contribution in [3.05, 3.63) is 57.6 Å². The van der Waals surface area contributed by atoms with Crippen molar-refractivity contribution >= 4 is 21.6 Å². The Balaban J connectivity index is 1.91. The predicted molar refractivity (Wildman–Crippen MR) is 86.6 cm³/mol. The van der Waals surface area contributed by atoms with E-state index >= 15 is 0 Å². The van der Waals surface area contributed by atoms with Gasteiger partial charge >= 0.3 is 0 Å². The van der Waals surface area contributed by atoms with E-state index in [1.54, 1.807) is 7.11 Å². The van der Waals surface area contributed by atoms with Crippen LogP contribution in [0.1, 0.15) is 29.2 Å². The molecule has 1 heterocycles. The summed E-state index contributed by atoms with van der Waals surface area (Å²) in [6, 6.07) is 13.1. The van der Waals surface area contributed by atoms with Crippen molar-refractivity contribution in [3.8, 4) is 5.75 Å². The van der Waals surface area contributed by atoms with E-state index in [0.29, 0.717) is 6.04 Å². The Hall–Kier alpha value is -1.48. The maximum Gasteiger partial charge on any atom is 0.119 e. The van der Waals surface area contributed by atoms with E-state index in [4.69, 9.17) is 4.74 Å². The molecule has 2 nitrogen and oxygen atoms in total. The molecule has 0 saturated heterocycles. The van der Waals surface area contributed by atoms with E-state index in [1.807, 2.05) is 6.07 Å². The maximum atomic E-state index is 5.32. The van der Waals surface area contributed by atoms with Crippen LogP contribution in [0.5, 0.6) is 5.75 Å². The van der Waals surface area contributed by atoms with Crippen LogP contribution in [0.25, 0.3) is 0 Å². The van der Waals surface area contributed by atoms with Crippen LogP contribution in [0.4, 0.5) is 5.69 Å². The molecule has 1 aliphatic rings. The summed E-state index contributed by atoms with van der Waals surface area (Å²) in [7, 11) is 1.71. The Kier molecular flexibility index (Phi) is 3.70. The van der Waals surface area contributed by atoms with Crippen LogP contribution in [0.3, 0.4) is 0 Å².